The van der Waals surface area contributed by atoms with Gasteiger partial charge in [0.15, 0.2) is 0 Å². The minimum Gasteiger partial charge on any atom is -0.324 e. The second-order valence-corrected chi connectivity index (χ2v) is 8.44. The van der Waals surface area contributed by atoms with Crippen LogP contribution < -0.4 is 10.9 Å². The van der Waals surface area contributed by atoms with Crippen molar-refractivity contribution in [3.63, 3.8) is 0 Å². The first-order valence-electron chi connectivity index (χ1n) is 9.43. The monoisotopic (exact) mass is 381 g/mol. The molecule has 1 aliphatic rings. The molecular weight excluding hydrogens is 358 g/mol. The standard InChI is InChI=1S/C21H23N3O2S/c1-13(2)14-7-3-5-9-16(14)23-18(25)11-24-12-22-20-19(21(24)26)15-8-4-6-10-17(15)27-20/h3,5,7,9,12-13H,4,6,8,10-11H2,1-2H3,(H,23,25). The highest BCUT2D eigenvalue weighted by atomic mass is 32.1. The van der Waals surface area contributed by atoms with E-state index in [1.165, 1.54) is 22.2 Å². The summed E-state index contributed by atoms with van der Waals surface area (Å²) in [6, 6.07) is 7.77. The maximum Gasteiger partial charge on any atom is 0.262 e. The SMILES string of the molecule is CC(C)c1ccccc1NC(=O)Cn1cnc2sc3c(c2c1=O)CCCC3. The Balaban J connectivity index is 1.61. The van der Waals surface area contributed by atoms with E-state index in [0.717, 1.165) is 40.9 Å². The molecule has 5 nitrogen and oxygen atoms in total. The first-order valence-corrected chi connectivity index (χ1v) is 10.2. The Morgan fingerprint density at radius 3 is 2.85 bits per heavy atom. The molecule has 0 saturated carbocycles. The number of benzene rings is 1. The van der Waals surface area contributed by atoms with E-state index >= 15 is 0 Å². The zero-order valence-corrected chi connectivity index (χ0v) is 16.4. The number of aryl methyl sites for hydroxylation is 2. The zero-order valence-electron chi connectivity index (χ0n) is 15.6. The van der Waals surface area contributed by atoms with Crippen molar-refractivity contribution in [3.8, 4) is 0 Å². The summed E-state index contributed by atoms with van der Waals surface area (Å²) < 4.78 is 1.43. The number of fused-ring (bicyclic) bond motifs is 3. The zero-order chi connectivity index (χ0) is 19.0. The van der Waals surface area contributed by atoms with Crippen molar-refractivity contribution in [2.24, 2.45) is 0 Å². The van der Waals surface area contributed by atoms with E-state index in [1.807, 2.05) is 24.3 Å². The van der Waals surface area contributed by atoms with Crippen molar-refractivity contribution in [3.05, 3.63) is 57.0 Å². The van der Waals surface area contributed by atoms with Gasteiger partial charge in [-0.25, -0.2) is 4.98 Å². The normalized spacial score (nSPS) is 13.7. The summed E-state index contributed by atoms with van der Waals surface area (Å²) in [5, 5.41) is 3.66. The quantitative estimate of drug-likeness (QED) is 0.740. The number of thiophene rings is 1. The number of carbonyl (C=O) groups excluding carboxylic acids is 1. The molecule has 1 aromatic carbocycles. The second kappa shape index (κ2) is 7.27. The summed E-state index contributed by atoms with van der Waals surface area (Å²) in [7, 11) is 0. The summed E-state index contributed by atoms with van der Waals surface area (Å²) in [6.07, 6.45) is 5.75. The molecule has 27 heavy (non-hydrogen) atoms. The molecular formula is C21H23N3O2S. The molecule has 1 aliphatic carbocycles. The van der Waals surface area contributed by atoms with Gasteiger partial charge in [-0.3, -0.25) is 14.2 Å². The molecule has 140 valence electrons. The molecule has 0 aliphatic heterocycles. The van der Waals surface area contributed by atoms with Gasteiger partial charge in [0.25, 0.3) is 5.56 Å². The number of aromatic nitrogens is 2. The van der Waals surface area contributed by atoms with Crippen LogP contribution in [0.5, 0.6) is 0 Å². The Bertz CT molecular complexity index is 1060. The number of anilines is 1. The van der Waals surface area contributed by atoms with E-state index in [9.17, 15) is 9.59 Å². The topological polar surface area (TPSA) is 64.0 Å². The highest BCUT2D eigenvalue weighted by molar-refractivity contribution is 7.18. The Morgan fingerprint density at radius 1 is 1.26 bits per heavy atom. The van der Waals surface area contributed by atoms with Gasteiger partial charge in [-0.05, 0) is 48.8 Å². The number of hydrogen-bond donors (Lipinski definition) is 1. The van der Waals surface area contributed by atoms with Crippen LogP contribution in [0.4, 0.5) is 5.69 Å². The van der Waals surface area contributed by atoms with Crippen molar-refractivity contribution in [2.75, 3.05) is 5.32 Å². The molecule has 3 aromatic rings. The third-order valence-electron chi connectivity index (χ3n) is 5.11. The van der Waals surface area contributed by atoms with Crippen molar-refractivity contribution in [2.45, 2.75) is 52.0 Å². The number of hydrogen-bond acceptors (Lipinski definition) is 4. The largest absolute Gasteiger partial charge is 0.324 e. The van der Waals surface area contributed by atoms with Crippen LogP contribution in [0.3, 0.4) is 0 Å². The van der Waals surface area contributed by atoms with Gasteiger partial charge >= 0.3 is 0 Å². The summed E-state index contributed by atoms with van der Waals surface area (Å²) in [4.78, 5) is 32.1. The summed E-state index contributed by atoms with van der Waals surface area (Å²) in [5.41, 5.74) is 2.93. The lowest BCUT2D eigenvalue weighted by Gasteiger charge is -2.14. The molecule has 6 heteroatoms. The second-order valence-electron chi connectivity index (χ2n) is 7.36. The highest BCUT2D eigenvalue weighted by Crippen LogP contribution is 2.33. The van der Waals surface area contributed by atoms with E-state index in [-0.39, 0.29) is 18.0 Å². The van der Waals surface area contributed by atoms with Crippen molar-refractivity contribution in [1.29, 1.82) is 0 Å². The molecule has 0 unspecified atom stereocenters. The number of nitrogens with one attached hydrogen (secondary N) is 1. The summed E-state index contributed by atoms with van der Waals surface area (Å²) >= 11 is 1.62. The molecule has 0 saturated heterocycles. The number of amides is 1. The predicted molar refractivity (Wildman–Crippen MR) is 110 cm³/mol. The molecule has 0 atom stereocenters. The van der Waals surface area contributed by atoms with Gasteiger partial charge in [0, 0.05) is 10.6 Å². The van der Waals surface area contributed by atoms with E-state index in [0.29, 0.717) is 11.3 Å². The third kappa shape index (κ3) is 3.41. The van der Waals surface area contributed by atoms with Crippen molar-refractivity contribution < 1.29 is 4.79 Å². The number of rotatable bonds is 4. The average molecular weight is 382 g/mol. The lowest BCUT2D eigenvalue weighted by atomic mass is 9.97. The minimum atomic E-state index is -0.213. The van der Waals surface area contributed by atoms with Crippen LogP contribution in [0.1, 0.15) is 48.6 Å². The van der Waals surface area contributed by atoms with Crippen LogP contribution in [0, 0.1) is 0 Å². The van der Waals surface area contributed by atoms with E-state index in [4.69, 9.17) is 0 Å². The van der Waals surface area contributed by atoms with Crippen LogP contribution in [0.25, 0.3) is 10.2 Å². The first kappa shape index (κ1) is 17.9. The fraction of sp³-hybridized carbons (Fsp3) is 0.381. The molecule has 0 spiro atoms. The minimum absolute atomic E-state index is 0.0289. The van der Waals surface area contributed by atoms with Gasteiger partial charge in [0.1, 0.15) is 11.4 Å². The van der Waals surface area contributed by atoms with Gasteiger partial charge in [0.2, 0.25) is 5.91 Å². The summed E-state index contributed by atoms with van der Waals surface area (Å²) in [6.45, 7) is 4.15. The molecule has 1 amide bonds. The Labute approximate surface area is 162 Å². The van der Waals surface area contributed by atoms with E-state index in [1.54, 1.807) is 11.3 Å². The van der Waals surface area contributed by atoms with Crippen LogP contribution in [-0.2, 0) is 24.2 Å². The average Bonchev–Trinajstić information content (AvgIpc) is 3.03. The van der Waals surface area contributed by atoms with Crippen LogP contribution in [-0.4, -0.2) is 15.5 Å². The molecule has 0 bridgehead atoms. The molecule has 0 fully saturated rings. The molecule has 0 radical (unpaired) electrons. The Kier molecular flexibility index (Phi) is 4.83. The van der Waals surface area contributed by atoms with Crippen molar-refractivity contribution in [1.82, 2.24) is 9.55 Å². The third-order valence-corrected chi connectivity index (χ3v) is 6.31. The fourth-order valence-corrected chi connectivity index (χ4v) is 4.97. The molecule has 2 aromatic heterocycles. The van der Waals surface area contributed by atoms with Crippen molar-refractivity contribution >= 4 is 33.1 Å². The van der Waals surface area contributed by atoms with E-state index < -0.39 is 0 Å². The Hall–Kier alpha value is -2.47. The fourth-order valence-electron chi connectivity index (χ4n) is 3.75. The van der Waals surface area contributed by atoms with Crippen LogP contribution in [0.2, 0.25) is 0 Å². The molecule has 2 heterocycles. The van der Waals surface area contributed by atoms with Gasteiger partial charge < -0.3 is 5.32 Å². The van der Waals surface area contributed by atoms with Gasteiger partial charge in [-0.15, -0.1) is 11.3 Å². The first-order chi connectivity index (χ1) is 13.0. The number of para-hydroxylation sites is 1. The number of nitrogens with zero attached hydrogens (tertiary/aromatic N) is 2. The smallest absolute Gasteiger partial charge is 0.262 e. The number of carbonyl (C=O) groups is 1. The molecule has 4 rings (SSSR count). The Morgan fingerprint density at radius 2 is 2.04 bits per heavy atom. The maximum atomic E-state index is 13.0. The van der Waals surface area contributed by atoms with Crippen LogP contribution >= 0.6 is 11.3 Å². The lowest BCUT2D eigenvalue weighted by molar-refractivity contribution is -0.116. The van der Waals surface area contributed by atoms with Gasteiger partial charge in [0.05, 0.1) is 11.7 Å². The van der Waals surface area contributed by atoms with E-state index in [2.05, 4.69) is 24.1 Å². The predicted octanol–water partition coefficient (Wildman–Crippen LogP) is 4.10. The lowest BCUT2D eigenvalue weighted by Crippen LogP contribution is -2.28. The maximum absolute atomic E-state index is 13.0. The highest BCUT2D eigenvalue weighted by Gasteiger charge is 2.20. The van der Waals surface area contributed by atoms with Gasteiger partial charge in [-0.2, -0.15) is 0 Å². The molecule has 1 N–H and O–H groups in total. The van der Waals surface area contributed by atoms with Gasteiger partial charge in [-0.1, -0.05) is 32.0 Å². The summed E-state index contributed by atoms with van der Waals surface area (Å²) in [5.74, 6) is 0.0926. The van der Waals surface area contributed by atoms with Crippen LogP contribution in [0.15, 0.2) is 35.4 Å².